The summed E-state index contributed by atoms with van der Waals surface area (Å²) < 4.78 is 93.0. The Morgan fingerprint density at radius 3 is 2.20 bits per heavy atom. The Balaban J connectivity index is 1.31. The Kier molecular flexibility index (Phi) is 13.4. The lowest BCUT2D eigenvalue weighted by Gasteiger charge is -2.31. The van der Waals surface area contributed by atoms with Crippen LogP contribution in [0.1, 0.15) is 74.4 Å². The number of aromatic nitrogens is 4. The molecule has 0 radical (unpaired) electrons. The molecule has 0 unspecified atom stereocenters. The van der Waals surface area contributed by atoms with E-state index in [0.29, 0.717) is 29.9 Å². The molecule has 6 aromatic rings. The molecular formula is C50H49ClF4N8O6. The first-order valence-electron chi connectivity index (χ1n) is 22.0. The van der Waals surface area contributed by atoms with Crippen molar-refractivity contribution >= 4 is 46.1 Å². The largest absolute Gasteiger partial charge is 0.497 e. The molecule has 14 nitrogen and oxygen atoms in total. The number of alkyl halides is 3. The highest BCUT2D eigenvalue weighted by Gasteiger charge is 2.45. The normalized spacial score (nSPS) is 14.5. The zero-order valence-corrected chi connectivity index (χ0v) is 39.7. The number of carbonyl (C=O) groups excluding carboxylic acids is 1. The van der Waals surface area contributed by atoms with Crippen LogP contribution in [0.3, 0.4) is 0 Å². The lowest BCUT2D eigenvalue weighted by Crippen LogP contribution is -2.32. The monoisotopic (exact) mass is 968 g/mol. The van der Waals surface area contributed by atoms with Crippen LogP contribution in [0.4, 0.5) is 39.8 Å². The number of ether oxygens (including phenoxy) is 5. The van der Waals surface area contributed by atoms with Crippen molar-refractivity contribution in [3.8, 4) is 40.6 Å². The molecule has 3 aromatic carbocycles. The predicted octanol–water partition coefficient (Wildman–Crippen LogP) is 11.4. The number of methoxy groups -OCH3 is 2. The second-order valence-electron chi connectivity index (χ2n) is 17.9. The Bertz CT molecular complexity index is 2890. The van der Waals surface area contributed by atoms with Crippen LogP contribution in [0.5, 0.6) is 23.3 Å². The number of aryl methyl sites for hydroxylation is 1. The summed E-state index contributed by atoms with van der Waals surface area (Å²) in [7, 11) is 3.08. The van der Waals surface area contributed by atoms with E-state index in [9.17, 15) is 10.1 Å². The van der Waals surface area contributed by atoms with Gasteiger partial charge >= 0.3 is 18.3 Å². The molecular weight excluding hydrogens is 920 g/mol. The van der Waals surface area contributed by atoms with Crippen LogP contribution in [0.2, 0.25) is 5.02 Å². The van der Waals surface area contributed by atoms with Gasteiger partial charge in [-0.2, -0.15) is 28.4 Å². The van der Waals surface area contributed by atoms with Gasteiger partial charge in [0.05, 0.1) is 65.5 Å². The molecule has 1 saturated carbocycles. The number of hydrogen-bond donors (Lipinski definition) is 1. The fraction of sp³-hybridized carbons (Fsp3) is 0.360. The van der Waals surface area contributed by atoms with E-state index in [1.54, 1.807) is 88.1 Å². The molecule has 69 heavy (non-hydrogen) atoms. The lowest BCUT2D eigenvalue weighted by atomic mass is 9.98. The molecule has 1 aliphatic heterocycles. The van der Waals surface area contributed by atoms with E-state index in [1.807, 2.05) is 24.3 Å². The minimum Gasteiger partial charge on any atom is -0.497 e. The van der Waals surface area contributed by atoms with E-state index < -0.39 is 62.5 Å². The Morgan fingerprint density at radius 2 is 1.64 bits per heavy atom. The van der Waals surface area contributed by atoms with Crippen LogP contribution in [0.15, 0.2) is 72.9 Å². The van der Waals surface area contributed by atoms with Crippen LogP contribution in [-0.2, 0) is 24.0 Å². The van der Waals surface area contributed by atoms with Crippen molar-refractivity contribution in [1.29, 1.82) is 5.26 Å². The molecule has 360 valence electrons. The van der Waals surface area contributed by atoms with Gasteiger partial charge in [-0.25, -0.2) is 19.2 Å². The van der Waals surface area contributed by atoms with Gasteiger partial charge in [-0.15, -0.1) is 0 Å². The smallest absolute Gasteiger partial charge is 0.418 e. The first-order valence-corrected chi connectivity index (χ1v) is 22.4. The van der Waals surface area contributed by atoms with E-state index >= 15 is 17.6 Å². The maximum atomic E-state index is 18.0. The van der Waals surface area contributed by atoms with Gasteiger partial charge in [-0.3, -0.25) is 5.32 Å². The van der Waals surface area contributed by atoms with Crippen molar-refractivity contribution in [2.45, 2.75) is 78.4 Å². The third-order valence-corrected chi connectivity index (χ3v) is 12.2. The summed E-state index contributed by atoms with van der Waals surface area (Å²) in [6.45, 7) is 8.45. The molecule has 0 bridgehead atoms. The number of pyridine rings is 2. The molecule has 1 aliphatic carbocycles. The number of anilines is 3. The molecule has 4 heterocycles. The fourth-order valence-corrected chi connectivity index (χ4v) is 8.45. The first-order chi connectivity index (χ1) is 32.8. The molecule has 3 aromatic heterocycles. The van der Waals surface area contributed by atoms with Crippen molar-refractivity contribution in [3.05, 3.63) is 112 Å². The van der Waals surface area contributed by atoms with E-state index in [0.717, 1.165) is 11.1 Å². The molecule has 1 fully saturated rings. The van der Waals surface area contributed by atoms with Crippen LogP contribution in [0, 0.1) is 29.5 Å². The summed E-state index contributed by atoms with van der Waals surface area (Å²) in [5.74, 6) is 0.130. The third kappa shape index (κ3) is 10.3. The van der Waals surface area contributed by atoms with Crippen LogP contribution in [0.25, 0.3) is 22.2 Å². The lowest BCUT2D eigenvalue weighted by molar-refractivity contribution is -0.137. The molecule has 2 aliphatic rings. The Hall–Kier alpha value is -7.13. The molecule has 1 N–H and O–H groups in total. The van der Waals surface area contributed by atoms with Crippen LogP contribution >= 0.6 is 11.6 Å². The summed E-state index contributed by atoms with van der Waals surface area (Å²) in [5.41, 5.74) is -2.95. The summed E-state index contributed by atoms with van der Waals surface area (Å²) in [4.78, 5) is 34.8. The highest BCUT2D eigenvalue weighted by molar-refractivity contribution is 6.36. The summed E-state index contributed by atoms with van der Waals surface area (Å²) in [6.07, 6.45) is -3.17. The number of amides is 1. The van der Waals surface area contributed by atoms with E-state index in [-0.39, 0.29) is 73.0 Å². The molecule has 0 spiro atoms. The van der Waals surface area contributed by atoms with Crippen LogP contribution in [-0.4, -0.2) is 65.6 Å². The minimum absolute atomic E-state index is 0.0491. The Labute approximate surface area is 401 Å². The maximum Gasteiger partial charge on any atom is 0.418 e. The molecule has 1 amide bonds. The predicted molar refractivity (Wildman–Crippen MR) is 251 cm³/mol. The van der Waals surface area contributed by atoms with Gasteiger partial charge in [0.1, 0.15) is 53.3 Å². The number of nitriles is 1. The second kappa shape index (κ2) is 19.1. The van der Waals surface area contributed by atoms with E-state index in [1.165, 1.54) is 19.2 Å². The van der Waals surface area contributed by atoms with E-state index in [4.69, 9.17) is 40.3 Å². The summed E-state index contributed by atoms with van der Waals surface area (Å²) >= 11 is 7.17. The number of hydrogen-bond acceptors (Lipinski definition) is 13. The highest BCUT2D eigenvalue weighted by Crippen LogP contribution is 2.52. The van der Waals surface area contributed by atoms with Gasteiger partial charge in [0, 0.05) is 24.8 Å². The Morgan fingerprint density at radius 1 is 1.00 bits per heavy atom. The van der Waals surface area contributed by atoms with Gasteiger partial charge in [-0.05, 0) is 101 Å². The van der Waals surface area contributed by atoms with Crippen molar-refractivity contribution < 1.29 is 46.0 Å². The van der Waals surface area contributed by atoms with Crippen molar-refractivity contribution in [2.24, 2.45) is 5.41 Å². The number of nitrogens with one attached hydrogen (secondary N) is 1. The maximum absolute atomic E-state index is 18.0. The number of rotatable bonds is 14. The first kappa shape index (κ1) is 48.3. The van der Waals surface area contributed by atoms with Gasteiger partial charge in [-0.1, -0.05) is 41.9 Å². The third-order valence-electron chi connectivity index (χ3n) is 11.8. The van der Waals surface area contributed by atoms with Gasteiger partial charge in [0.2, 0.25) is 0 Å². The van der Waals surface area contributed by atoms with Crippen molar-refractivity contribution in [2.75, 3.05) is 49.1 Å². The van der Waals surface area contributed by atoms with Gasteiger partial charge in [0.15, 0.2) is 11.6 Å². The number of nitrogens with zero attached hydrogens (tertiary/aromatic N) is 7. The molecule has 0 saturated heterocycles. The number of benzene rings is 3. The SMILES string of the molecule is COc1ccc(CN(Cc2ccc(OC)cc2)c2cc(C)c(C(F)(F)F)c(-c3c(Cl)c4c5c(nc(OCC6(C#N)CC6)nc5c3F)N([C@H](C)c3cccnc3NC(=O)OC(C)(C)C)CCO4)n2)cc1. The average Bonchev–Trinajstić information content (AvgIpc) is 4.12. The van der Waals surface area contributed by atoms with Crippen molar-refractivity contribution in [3.63, 3.8) is 0 Å². The van der Waals surface area contributed by atoms with Gasteiger partial charge < -0.3 is 33.5 Å². The summed E-state index contributed by atoms with van der Waals surface area (Å²) in [5, 5.41) is 12.0. The van der Waals surface area contributed by atoms with E-state index in [2.05, 4.69) is 26.3 Å². The molecule has 1 atom stereocenters. The number of halogens is 5. The number of carbonyl (C=O) groups is 1. The van der Waals surface area contributed by atoms with Gasteiger partial charge in [0.25, 0.3) is 0 Å². The minimum atomic E-state index is -5.04. The molecule has 8 rings (SSSR count). The fourth-order valence-electron chi connectivity index (χ4n) is 8.13. The summed E-state index contributed by atoms with van der Waals surface area (Å²) in [6, 6.07) is 20.4. The van der Waals surface area contributed by atoms with Crippen LogP contribution < -0.4 is 34.1 Å². The van der Waals surface area contributed by atoms with Crippen molar-refractivity contribution in [1.82, 2.24) is 19.9 Å². The quantitative estimate of drug-likeness (QED) is 0.103. The topological polar surface area (TPSA) is 157 Å². The standard InChI is InChI=1S/C50H49ClF4N8O6/c1-28-23-35(62(24-30-10-14-32(65-6)15-11-30)25-31-12-16-33(66-7)17-13-31)58-41(38(28)50(53,54)55)36-39(51)43-37-42(40(36)52)59-46(68-27-49(26-56)18-19-49)61-45(37)63(21-22-67-43)29(2)34-9-8-20-57-44(34)60-47(64)69-48(3,4)5/h8-17,20,23,29H,18-19,21-22,24-25,27H2,1-7H3,(H,57,60,64)/t29-/m1/s1. The zero-order chi connectivity index (χ0) is 49.4. The molecule has 19 heteroatoms. The average molecular weight is 969 g/mol. The highest BCUT2D eigenvalue weighted by atomic mass is 35.5. The zero-order valence-electron chi connectivity index (χ0n) is 38.9. The second-order valence-corrected chi connectivity index (χ2v) is 18.3.